The highest BCUT2D eigenvalue weighted by Crippen LogP contribution is 2.40. The van der Waals surface area contributed by atoms with Crippen molar-refractivity contribution in [1.29, 1.82) is 5.26 Å². The summed E-state index contributed by atoms with van der Waals surface area (Å²) in [4.78, 5) is 0. The summed E-state index contributed by atoms with van der Waals surface area (Å²) in [6.45, 7) is 12.1. The Morgan fingerprint density at radius 1 is 1.21 bits per heavy atom. The van der Waals surface area contributed by atoms with E-state index in [0.29, 0.717) is 24.5 Å². The van der Waals surface area contributed by atoms with Crippen molar-refractivity contribution in [3.63, 3.8) is 0 Å². The van der Waals surface area contributed by atoms with Crippen LogP contribution in [0.1, 0.15) is 53.9 Å². The van der Waals surface area contributed by atoms with Crippen molar-refractivity contribution in [3.8, 4) is 6.07 Å². The standard InChI is InChI=1S/C16H29NO2/c1-12(2)18-8-9-19-15-10-14(16(3,4)5)7-6-13(15)11-17/h12-15H,6-10H2,1-5H3. The Balaban J connectivity index is 2.45. The molecule has 1 aliphatic carbocycles. The van der Waals surface area contributed by atoms with Crippen molar-refractivity contribution in [2.75, 3.05) is 13.2 Å². The second kappa shape index (κ2) is 7.26. The van der Waals surface area contributed by atoms with Crippen molar-refractivity contribution in [1.82, 2.24) is 0 Å². The third kappa shape index (κ3) is 5.50. The van der Waals surface area contributed by atoms with Crippen LogP contribution in [0.5, 0.6) is 0 Å². The van der Waals surface area contributed by atoms with E-state index in [0.717, 1.165) is 19.3 Å². The fourth-order valence-electron chi connectivity index (χ4n) is 2.73. The molecule has 1 aliphatic rings. The molecule has 0 aromatic carbocycles. The van der Waals surface area contributed by atoms with E-state index >= 15 is 0 Å². The smallest absolute Gasteiger partial charge is 0.0737 e. The number of nitriles is 1. The highest BCUT2D eigenvalue weighted by molar-refractivity contribution is 4.95. The lowest BCUT2D eigenvalue weighted by Crippen LogP contribution is -2.36. The molecule has 0 aromatic heterocycles. The fraction of sp³-hybridized carbons (Fsp3) is 0.938. The van der Waals surface area contributed by atoms with E-state index in [-0.39, 0.29) is 18.1 Å². The molecule has 1 saturated carbocycles. The lowest BCUT2D eigenvalue weighted by atomic mass is 9.69. The van der Waals surface area contributed by atoms with Gasteiger partial charge in [0.05, 0.1) is 37.4 Å². The van der Waals surface area contributed by atoms with Crippen LogP contribution in [0, 0.1) is 28.6 Å². The molecule has 0 bridgehead atoms. The van der Waals surface area contributed by atoms with Gasteiger partial charge in [-0.1, -0.05) is 20.8 Å². The first-order valence-corrected chi connectivity index (χ1v) is 7.47. The van der Waals surface area contributed by atoms with E-state index in [1.54, 1.807) is 0 Å². The predicted molar refractivity (Wildman–Crippen MR) is 76.7 cm³/mol. The Hall–Kier alpha value is -0.590. The highest BCUT2D eigenvalue weighted by atomic mass is 16.5. The molecule has 3 atom stereocenters. The predicted octanol–water partition coefficient (Wildman–Crippen LogP) is 3.78. The van der Waals surface area contributed by atoms with Crippen LogP contribution >= 0.6 is 0 Å². The molecule has 0 aliphatic heterocycles. The number of hydrogen-bond acceptors (Lipinski definition) is 3. The zero-order chi connectivity index (χ0) is 14.5. The van der Waals surface area contributed by atoms with E-state index in [2.05, 4.69) is 26.8 Å². The summed E-state index contributed by atoms with van der Waals surface area (Å²) in [5, 5.41) is 9.23. The SMILES string of the molecule is CC(C)OCCOC1CC(C(C)(C)C)CCC1C#N. The summed E-state index contributed by atoms with van der Waals surface area (Å²) in [5.41, 5.74) is 0.302. The molecule has 19 heavy (non-hydrogen) atoms. The van der Waals surface area contributed by atoms with Crippen LogP contribution in [0.3, 0.4) is 0 Å². The van der Waals surface area contributed by atoms with Crippen LogP contribution in [-0.4, -0.2) is 25.4 Å². The molecule has 3 unspecified atom stereocenters. The summed E-state index contributed by atoms with van der Waals surface area (Å²) in [6.07, 6.45) is 3.43. The fourth-order valence-corrected chi connectivity index (χ4v) is 2.73. The largest absolute Gasteiger partial charge is 0.376 e. The molecular weight excluding hydrogens is 238 g/mol. The molecule has 0 saturated heterocycles. The number of ether oxygens (including phenoxy) is 2. The van der Waals surface area contributed by atoms with Gasteiger partial charge in [-0.15, -0.1) is 0 Å². The van der Waals surface area contributed by atoms with E-state index in [9.17, 15) is 5.26 Å². The number of hydrogen-bond donors (Lipinski definition) is 0. The van der Waals surface area contributed by atoms with Crippen LogP contribution in [-0.2, 0) is 9.47 Å². The Bertz CT molecular complexity index is 301. The molecule has 0 heterocycles. The molecule has 1 rings (SSSR count). The van der Waals surface area contributed by atoms with Gasteiger partial charge in [-0.3, -0.25) is 0 Å². The van der Waals surface area contributed by atoms with E-state index in [1.807, 2.05) is 13.8 Å². The maximum Gasteiger partial charge on any atom is 0.0737 e. The van der Waals surface area contributed by atoms with Gasteiger partial charge in [0.1, 0.15) is 0 Å². The van der Waals surface area contributed by atoms with Gasteiger partial charge in [0.15, 0.2) is 0 Å². The van der Waals surface area contributed by atoms with Gasteiger partial charge in [0.2, 0.25) is 0 Å². The zero-order valence-corrected chi connectivity index (χ0v) is 13.1. The van der Waals surface area contributed by atoms with Crippen molar-refractivity contribution in [3.05, 3.63) is 0 Å². The minimum atomic E-state index is 0.0534. The Morgan fingerprint density at radius 3 is 2.42 bits per heavy atom. The van der Waals surface area contributed by atoms with Gasteiger partial charge in [-0.25, -0.2) is 0 Å². The van der Waals surface area contributed by atoms with Crippen molar-refractivity contribution in [2.45, 2.75) is 66.1 Å². The van der Waals surface area contributed by atoms with Gasteiger partial charge >= 0.3 is 0 Å². The van der Waals surface area contributed by atoms with Gasteiger partial charge in [-0.05, 0) is 44.4 Å². The summed E-state index contributed by atoms with van der Waals surface area (Å²) >= 11 is 0. The monoisotopic (exact) mass is 267 g/mol. The van der Waals surface area contributed by atoms with Gasteiger partial charge < -0.3 is 9.47 Å². The molecule has 3 heteroatoms. The summed E-state index contributed by atoms with van der Waals surface area (Å²) < 4.78 is 11.4. The lowest BCUT2D eigenvalue weighted by molar-refractivity contribution is -0.0561. The maximum atomic E-state index is 9.23. The molecule has 1 fully saturated rings. The first kappa shape index (κ1) is 16.5. The Kier molecular flexibility index (Phi) is 6.29. The second-order valence-electron chi connectivity index (χ2n) is 6.94. The normalized spacial score (nSPS) is 28.4. The van der Waals surface area contributed by atoms with E-state index < -0.39 is 0 Å². The molecular formula is C16H29NO2. The molecule has 0 spiro atoms. The summed E-state index contributed by atoms with van der Waals surface area (Å²) in [6, 6.07) is 2.41. The van der Waals surface area contributed by atoms with Gasteiger partial charge in [0, 0.05) is 0 Å². The first-order chi connectivity index (χ1) is 8.84. The molecule has 3 nitrogen and oxygen atoms in total. The van der Waals surface area contributed by atoms with E-state index in [4.69, 9.17) is 9.47 Å². The molecule has 0 radical (unpaired) electrons. The van der Waals surface area contributed by atoms with Crippen LogP contribution in [0.15, 0.2) is 0 Å². The third-order valence-electron chi connectivity index (χ3n) is 4.05. The Labute approximate surface area is 118 Å². The number of nitrogens with zero attached hydrogens (tertiary/aromatic N) is 1. The molecule has 0 amide bonds. The van der Waals surface area contributed by atoms with Crippen molar-refractivity contribution >= 4 is 0 Å². The lowest BCUT2D eigenvalue weighted by Gasteiger charge is -2.39. The minimum absolute atomic E-state index is 0.0534. The molecule has 0 N–H and O–H groups in total. The average Bonchev–Trinajstić information content (AvgIpc) is 2.33. The van der Waals surface area contributed by atoms with Gasteiger partial charge in [0.25, 0.3) is 0 Å². The van der Waals surface area contributed by atoms with Gasteiger partial charge in [-0.2, -0.15) is 5.26 Å². The first-order valence-electron chi connectivity index (χ1n) is 7.47. The van der Waals surface area contributed by atoms with Crippen molar-refractivity contribution < 1.29 is 9.47 Å². The zero-order valence-electron chi connectivity index (χ0n) is 13.1. The molecule has 0 aromatic rings. The van der Waals surface area contributed by atoms with E-state index in [1.165, 1.54) is 0 Å². The minimum Gasteiger partial charge on any atom is -0.376 e. The Morgan fingerprint density at radius 2 is 1.89 bits per heavy atom. The van der Waals surface area contributed by atoms with Crippen molar-refractivity contribution in [2.24, 2.45) is 17.3 Å². The summed E-state index contributed by atoms with van der Waals surface area (Å²) in [7, 11) is 0. The average molecular weight is 267 g/mol. The van der Waals surface area contributed by atoms with Crippen LogP contribution in [0.4, 0.5) is 0 Å². The van der Waals surface area contributed by atoms with Crippen LogP contribution < -0.4 is 0 Å². The third-order valence-corrected chi connectivity index (χ3v) is 4.05. The second-order valence-corrected chi connectivity index (χ2v) is 6.94. The molecule has 110 valence electrons. The highest BCUT2D eigenvalue weighted by Gasteiger charge is 2.36. The summed E-state index contributed by atoms with van der Waals surface area (Å²) in [5.74, 6) is 0.700. The quantitative estimate of drug-likeness (QED) is 0.712. The van der Waals surface area contributed by atoms with Crippen LogP contribution in [0.2, 0.25) is 0 Å². The maximum absolute atomic E-state index is 9.23. The topological polar surface area (TPSA) is 42.2 Å². The number of rotatable bonds is 5. The van der Waals surface area contributed by atoms with Crippen LogP contribution in [0.25, 0.3) is 0 Å².